The van der Waals surface area contributed by atoms with Gasteiger partial charge in [-0.2, -0.15) is 0 Å². The lowest BCUT2D eigenvalue weighted by atomic mass is 10.1. The number of rotatable bonds is 5. The molecule has 0 aliphatic rings. The van der Waals surface area contributed by atoms with E-state index in [9.17, 15) is 14.9 Å². The number of aromatic nitrogens is 1. The summed E-state index contributed by atoms with van der Waals surface area (Å²) in [7, 11) is 0. The van der Waals surface area contributed by atoms with Crippen LogP contribution in [0, 0.1) is 10.1 Å². The monoisotopic (exact) mass is 260 g/mol. The lowest BCUT2D eigenvalue weighted by Gasteiger charge is -2.08. The number of primary amides is 1. The van der Waals surface area contributed by atoms with Crippen LogP contribution >= 0.6 is 0 Å². The van der Waals surface area contributed by atoms with E-state index in [-0.39, 0.29) is 12.1 Å². The normalized spacial score (nSPS) is 10.3. The van der Waals surface area contributed by atoms with Gasteiger partial charge in [0.05, 0.1) is 10.3 Å². The van der Waals surface area contributed by atoms with Crippen LogP contribution in [0.2, 0.25) is 0 Å². The minimum Gasteiger partial charge on any atom is -0.384 e. The maximum absolute atomic E-state index is 10.9. The third-order valence-electron chi connectivity index (χ3n) is 2.68. The van der Waals surface area contributed by atoms with Crippen molar-refractivity contribution in [3.8, 4) is 0 Å². The highest BCUT2D eigenvalue weighted by Crippen LogP contribution is 2.30. The molecule has 0 fully saturated rings. The van der Waals surface area contributed by atoms with Gasteiger partial charge in [-0.15, -0.1) is 0 Å². The Morgan fingerprint density at radius 1 is 1.37 bits per heavy atom. The molecule has 0 aliphatic heterocycles. The maximum Gasteiger partial charge on any atom is 0.278 e. The molecule has 0 radical (unpaired) electrons. The Hall–Kier alpha value is -2.70. The number of nitrogens with zero attached hydrogens (tertiary/aromatic N) is 2. The summed E-state index contributed by atoms with van der Waals surface area (Å²) in [5.41, 5.74) is 5.77. The van der Waals surface area contributed by atoms with E-state index >= 15 is 0 Å². The van der Waals surface area contributed by atoms with E-state index in [1.54, 1.807) is 18.3 Å². The van der Waals surface area contributed by atoms with Gasteiger partial charge in [0.25, 0.3) is 5.69 Å². The zero-order chi connectivity index (χ0) is 13.8. The first-order valence-electron chi connectivity index (χ1n) is 5.63. The van der Waals surface area contributed by atoms with E-state index < -0.39 is 10.8 Å². The molecule has 7 heteroatoms. The van der Waals surface area contributed by atoms with Crippen molar-refractivity contribution in [2.75, 3.05) is 11.9 Å². The number of non-ortho nitro benzene ring substituents is 1. The molecule has 3 N–H and O–H groups in total. The fourth-order valence-electron chi connectivity index (χ4n) is 1.81. The smallest absolute Gasteiger partial charge is 0.278 e. The van der Waals surface area contributed by atoms with Crippen molar-refractivity contribution < 1.29 is 9.72 Å². The zero-order valence-electron chi connectivity index (χ0n) is 10.00. The van der Waals surface area contributed by atoms with Gasteiger partial charge in [0.2, 0.25) is 5.91 Å². The number of anilines is 1. The van der Waals surface area contributed by atoms with Gasteiger partial charge in [-0.05, 0) is 12.1 Å². The summed E-state index contributed by atoms with van der Waals surface area (Å²) < 4.78 is 0. The molecule has 0 unspecified atom stereocenters. The number of nitro benzene ring substituents is 1. The van der Waals surface area contributed by atoms with Gasteiger partial charge in [0.1, 0.15) is 0 Å². The minimum absolute atomic E-state index is 0.00329. The Labute approximate surface area is 108 Å². The summed E-state index contributed by atoms with van der Waals surface area (Å²) in [5, 5.41) is 15.1. The number of fused-ring (bicyclic) bond motifs is 1. The van der Waals surface area contributed by atoms with Crippen LogP contribution in [0.25, 0.3) is 10.8 Å². The molecule has 0 spiro atoms. The molecule has 0 bridgehead atoms. The van der Waals surface area contributed by atoms with Gasteiger partial charge >= 0.3 is 0 Å². The van der Waals surface area contributed by atoms with Crippen LogP contribution in [-0.2, 0) is 4.79 Å². The third kappa shape index (κ3) is 2.76. The number of nitrogens with two attached hydrogens (primary N) is 1. The molecule has 98 valence electrons. The van der Waals surface area contributed by atoms with Gasteiger partial charge < -0.3 is 11.1 Å². The second kappa shape index (κ2) is 5.30. The molecule has 0 saturated heterocycles. The van der Waals surface area contributed by atoms with Crippen LogP contribution in [0.15, 0.2) is 30.6 Å². The van der Waals surface area contributed by atoms with Crippen molar-refractivity contribution in [2.24, 2.45) is 5.73 Å². The maximum atomic E-state index is 10.9. The Morgan fingerprint density at radius 3 is 2.84 bits per heavy atom. The Balaban J connectivity index is 2.38. The van der Waals surface area contributed by atoms with Crippen LogP contribution in [-0.4, -0.2) is 22.4 Å². The SMILES string of the molecule is NC(=O)CCNc1ccc([N+](=O)[O-])c2cnccc12. The molecular weight excluding hydrogens is 248 g/mol. The van der Waals surface area contributed by atoms with Gasteiger partial charge in [-0.3, -0.25) is 19.9 Å². The fraction of sp³-hybridized carbons (Fsp3) is 0.167. The second-order valence-electron chi connectivity index (χ2n) is 3.95. The molecule has 0 saturated carbocycles. The predicted octanol–water partition coefficient (Wildman–Crippen LogP) is 1.43. The van der Waals surface area contributed by atoms with Crippen LogP contribution in [0.4, 0.5) is 11.4 Å². The standard InChI is InChI=1S/C12H12N4O3/c13-12(17)4-6-15-10-1-2-11(16(18)19)9-7-14-5-3-8(9)10/h1-3,5,7,15H,4,6H2,(H2,13,17). The summed E-state index contributed by atoms with van der Waals surface area (Å²) in [4.78, 5) is 25.1. The molecule has 7 nitrogen and oxygen atoms in total. The van der Waals surface area contributed by atoms with E-state index in [2.05, 4.69) is 10.3 Å². The first-order valence-corrected chi connectivity index (χ1v) is 5.63. The highest BCUT2D eigenvalue weighted by molar-refractivity contribution is 5.99. The van der Waals surface area contributed by atoms with Crippen LogP contribution in [0.1, 0.15) is 6.42 Å². The van der Waals surface area contributed by atoms with Crippen LogP contribution in [0.5, 0.6) is 0 Å². The van der Waals surface area contributed by atoms with Crippen molar-refractivity contribution >= 4 is 28.1 Å². The van der Waals surface area contributed by atoms with Gasteiger partial charge in [0, 0.05) is 42.5 Å². The molecule has 0 atom stereocenters. The lowest BCUT2D eigenvalue weighted by Crippen LogP contribution is -2.15. The molecular formula is C12H12N4O3. The van der Waals surface area contributed by atoms with Gasteiger partial charge in [0.15, 0.2) is 0 Å². The number of benzene rings is 1. The molecule has 1 heterocycles. The summed E-state index contributed by atoms with van der Waals surface area (Å²) in [6.07, 6.45) is 3.21. The average molecular weight is 260 g/mol. The minimum atomic E-state index is -0.447. The number of nitrogens with one attached hydrogen (secondary N) is 1. The summed E-state index contributed by atoms with van der Waals surface area (Å²) in [6.45, 7) is 0.380. The number of pyridine rings is 1. The number of carbonyl (C=O) groups is 1. The van der Waals surface area contributed by atoms with Crippen molar-refractivity contribution in [2.45, 2.75) is 6.42 Å². The molecule has 1 aromatic heterocycles. The summed E-state index contributed by atoms with van der Waals surface area (Å²) in [5.74, 6) is -0.402. The average Bonchev–Trinajstić information content (AvgIpc) is 2.38. The van der Waals surface area contributed by atoms with Crippen LogP contribution < -0.4 is 11.1 Å². The highest BCUT2D eigenvalue weighted by Gasteiger charge is 2.14. The predicted molar refractivity (Wildman–Crippen MR) is 70.7 cm³/mol. The molecule has 19 heavy (non-hydrogen) atoms. The van der Waals surface area contributed by atoms with E-state index in [1.807, 2.05) is 0 Å². The van der Waals surface area contributed by atoms with E-state index in [0.717, 1.165) is 0 Å². The number of carbonyl (C=O) groups excluding carboxylic acids is 1. The highest BCUT2D eigenvalue weighted by atomic mass is 16.6. The zero-order valence-corrected chi connectivity index (χ0v) is 10.00. The van der Waals surface area contributed by atoms with Gasteiger partial charge in [-0.25, -0.2) is 0 Å². The molecule has 2 aromatic rings. The molecule has 2 rings (SSSR count). The van der Waals surface area contributed by atoms with Crippen molar-refractivity contribution in [3.63, 3.8) is 0 Å². The molecule has 1 amide bonds. The van der Waals surface area contributed by atoms with Crippen molar-refractivity contribution in [1.29, 1.82) is 0 Å². The largest absolute Gasteiger partial charge is 0.384 e. The Morgan fingerprint density at radius 2 is 2.16 bits per heavy atom. The topological polar surface area (TPSA) is 111 Å². The second-order valence-corrected chi connectivity index (χ2v) is 3.95. The number of hydrogen-bond acceptors (Lipinski definition) is 5. The Bertz CT molecular complexity index is 642. The summed E-state index contributed by atoms with van der Waals surface area (Å²) >= 11 is 0. The van der Waals surface area contributed by atoms with E-state index in [0.29, 0.717) is 23.0 Å². The number of hydrogen-bond donors (Lipinski definition) is 2. The van der Waals surface area contributed by atoms with Crippen molar-refractivity contribution in [3.05, 3.63) is 40.7 Å². The van der Waals surface area contributed by atoms with E-state index in [1.165, 1.54) is 12.3 Å². The molecule has 0 aliphatic carbocycles. The number of amides is 1. The Kier molecular flexibility index (Phi) is 3.56. The lowest BCUT2D eigenvalue weighted by molar-refractivity contribution is -0.383. The fourth-order valence-corrected chi connectivity index (χ4v) is 1.81. The first-order chi connectivity index (χ1) is 9.09. The first kappa shape index (κ1) is 12.7. The third-order valence-corrected chi connectivity index (χ3v) is 2.68. The van der Waals surface area contributed by atoms with Gasteiger partial charge in [-0.1, -0.05) is 0 Å². The van der Waals surface area contributed by atoms with Crippen molar-refractivity contribution in [1.82, 2.24) is 4.98 Å². The molecule has 1 aromatic carbocycles. The van der Waals surface area contributed by atoms with Crippen LogP contribution in [0.3, 0.4) is 0 Å². The summed E-state index contributed by atoms with van der Waals surface area (Å²) in [6, 6.07) is 4.72. The quantitative estimate of drug-likeness (QED) is 0.624. The number of nitro groups is 1. The van der Waals surface area contributed by atoms with E-state index in [4.69, 9.17) is 5.73 Å².